The monoisotopic (exact) mass is 439 g/mol. The molecule has 8 nitrogen and oxygen atoms in total. The van der Waals surface area contributed by atoms with Crippen LogP contribution in [0.3, 0.4) is 0 Å². The van der Waals surface area contributed by atoms with Gasteiger partial charge in [-0.25, -0.2) is 9.36 Å². The number of nitrogens with two attached hydrogens (primary N) is 1. The first-order chi connectivity index (χ1) is 14.9. The third-order valence-corrected chi connectivity index (χ3v) is 6.77. The molecule has 2 aromatic heterocycles. The Hall–Kier alpha value is -2.81. The Kier molecular flexibility index (Phi) is 6.31. The summed E-state index contributed by atoms with van der Waals surface area (Å²) in [6.45, 7) is 5.90. The average molecular weight is 440 g/mol. The molecule has 3 aromatic rings. The minimum Gasteiger partial charge on any atom is -0.336 e. The van der Waals surface area contributed by atoms with Crippen molar-refractivity contribution in [3.05, 3.63) is 47.0 Å². The van der Waals surface area contributed by atoms with E-state index in [-0.39, 0.29) is 11.7 Å². The number of hydrogen-bond acceptors (Lipinski definition) is 6. The van der Waals surface area contributed by atoms with Crippen molar-refractivity contribution in [2.75, 3.05) is 16.9 Å². The maximum absolute atomic E-state index is 12.6. The summed E-state index contributed by atoms with van der Waals surface area (Å²) in [6, 6.07) is 8.14. The average Bonchev–Trinajstić information content (AvgIpc) is 3.28. The van der Waals surface area contributed by atoms with Gasteiger partial charge in [0.1, 0.15) is 0 Å². The topological polar surface area (TPSA) is 104 Å². The van der Waals surface area contributed by atoms with Gasteiger partial charge in [-0.3, -0.25) is 4.79 Å². The van der Waals surface area contributed by atoms with Crippen LogP contribution in [-0.2, 0) is 4.79 Å². The van der Waals surface area contributed by atoms with Crippen LogP contribution in [0.15, 0.2) is 29.4 Å². The van der Waals surface area contributed by atoms with Crippen molar-refractivity contribution in [2.24, 2.45) is 0 Å². The van der Waals surface area contributed by atoms with Gasteiger partial charge >= 0.3 is 0 Å². The van der Waals surface area contributed by atoms with Crippen LogP contribution in [0.25, 0.3) is 5.69 Å². The molecule has 1 aromatic carbocycles. The molecule has 0 atom stereocenters. The molecule has 9 heteroatoms. The Bertz CT molecular complexity index is 1060. The van der Waals surface area contributed by atoms with Crippen molar-refractivity contribution in [1.29, 1.82) is 0 Å². The van der Waals surface area contributed by atoms with Crippen LogP contribution in [0.4, 0.5) is 5.69 Å². The van der Waals surface area contributed by atoms with Gasteiger partial charge in [-0.2, -0.15) is 5.10 Å². The molecule has 0 bridgehead atoms. The first kappa shape index (κ1) is 21.4. The molecule has 0 unspecified atom stereocenters. The normalized spacial score (nSPS) is 14.7. The summed E-state index contributed by atoms with van der Waals surface area (Å²) in [5, 5.41) is 16.7. The Morgan fingerprint density at radius 3 is 2.55 bits per heavy atom. The lowest BCUT2D eigenvalue weighted by atomic mass is 9.89. The number of hydrogen-bond donors (Lipinski definition) is 2. The standard InChI is InChI=1S/C22H29N7OS/c1-14-9-11-18(12-10-14)29-16(3)20(15(2)27-29)24-19(30)13-31-22-26-25-21(28(22)23)17-7-5-4-6-8-17/h9-12,17H,4-8,13,23H2,1-3H3,(H,24,30). The van der Waals surface area contributed by atoms with Crippen LogP contribution in [0.5, 0.6) is 0 Å². The molecule has 1 saturated carbocycles. The maximum Gasteiger partial charge on any atom is 0.234 e. The highest BCUT2D eigenvalue weighted by Gasteiger charge is 2.23. The van der Waals surface area contributed by atoms with E-state index in [9.17, 15) is 4.79 Å². The molecule has 1 aliphatic rings. The number of nitrogens with one attached hydrogen (secondary N) is 1. The van der Waals surface area contributed by atoms with E-state index in [1.165, 1.54) is 36.6 Å². The second kappa shape index (κ2) is 9.13. The van der Waals surface area contributed by atoms with Crippen molar-refractivity contribution < 1.29 is 4.79 Å². The van der Waals surface area contributed by atoms with Crippen LogP contribution in [-0.4, -0.2) is 36.3 Å². The van der Waals surface area contributed by atoms with Crippen molar-refractivity contribution in [1.82, 2.24) is 24.7 Å². The quantitative estimate of drug-likeness (QED) is 0.446. The van der Waals surface area contributed by atoms with E-state index < -0.39 is 0 Å². The molecule has 1 fully saturated rings. The number of aryl methyl sites for hydroxylation is 2. The van der Waals surface area contributed by atoms with Crippen LogP contribution in [0.1, 0.15) is 60.8 Å². The van der Waals surface area contributed by atoms with E-state index in [0.29, 0.717) is 11.1 Å². The molecule has 3 N–H and O–H groups in total. The lowest BCUT2D eigenvalue weighted by molar-refractivity contribution is -0.113. The highest BCUT2D eigenvalue weighted by molar-refractivity contribution is 7.99. The third-order valence-electron chi connectivity index (χ3n) is 5.83. The van der Waals surface area contributed by atoms with Gasteiger partial charge < -0.3 is 11.2 Å². The lowest BCUT2D eigenvalue weighted by Gasteiger charge is -2.20. The maximum atomic E-state index is 12.6. The number of carbonyl (C=O) groups is 1. The van der Waals surface area contributed by atoms with Crippen molar-refractivity contribution in [3.8, 4) is 5.69 Å². The zero-order valence-electron chi connectivity index (χ0n) is 18.3. The van der Waals surface area contributed by atoms with E-state index >= 15 is 0 Å². The first-order valence-corrected chi connectivity index (χ1v) is 11.7. The molecule has 164 valence electrons. The van der Waals surface area contributed by atoms with E-state index in [1.54, 1.807) is 4.68 Å². The molecule has 4 rings (SSSR count). The van der Waals surface area contributed by atoms with Crippen molar-refractivity contribution in [2.45, 2.75) is 63.9 Å². The summed E-state index contributed by atoms with van der Waals surface area (Å²) < 4.78 is 3.41. The summed E-state index contributed by atoms with van der Waals surface area (Å²) in [7, 11) is 0. The molecule has 0 spiro atoms. The number of carbonyl (C=O) groups excluding carboxylic acids is 1. The molecule has 1 amide bonds. The fraction of sp³-hybridized carbons (Fsp3) is 0.455. The summed E-state index contributed by atoms with van der Waals surface area (Å²) in [5.41, 5.74) is 4.56. The number of anilines is 1. The summed E-state index contributed by atoms with van der Waals surface area (Å²) in [4.78, 5) is 12.6. The number of thioether (sulfide) groups is 1. The number of nitrogens with zero attached hydrogens (tertiary/aromatic N) is 5. The van der Waals surface area contributed by atoms with Gasteiger partial charge in [0.25, 0.3) is 0 Å². The summed E-state index contributed by atoms with van der Waals surface area (Å²) >= 11 is 1.30. The lowest BCUT2D eigenvalue weighted by Crippen LogP contribution is -2.20. The predicted octanol–water partition coefficient (Wildman–Crippen LogP) is 3.88. The first-order valence-electron chi connectivity index (χ1n) is 10.7. The predicted molar refractivity (Wildman–Crippen MR) is 123 cm³/mol. The van der Waals surface area contributed by atoms with Gasteiger partial charge in [0.2, 0.25) is 11.1 Å². The van der Waals surface area contributed by atoms with E-state index in [1.807, 2.05) is 42.8 Å². The number of benzene rings is 1. The summed E-state index contributed by atoms with van der Waals surface area (Å²) in [6.07, 6.45) is 5.89. The van der Waals surface area contributed by atoms with Crippen LogP contribution in [0.2, 0.25) is 0 Å². The second-order valence-electron chi connectivity index (χ2n) is 8.18. The number of nitrogen functional groups attached to an aromatic ring is 1. The number of amides is 1. The van der Waals surface area contributed by atoms with Gasteiger partial charge in [0.05, 0.1) is 28.5 Å². The molecule has 0 aliphatic heterocycles. The molecule has 0 saturated heterocycles. The van der Waals surface area contributed by atoms with Gasteiger partial charge in [-0.05, 0) is 45.7 Å². The highest BCUT2D eigenvalue weighted by Crippen LogP contribution is 2.32. The smallest absolute Gasteiger partial charge is 0.234 e. The zero-order chi connectivity index (χ0) is 22.0. The van der Waals surface area contributed by atoms with Gasteiger partial charge in [0, 0.05) is 5.92 Å². The largest absolute Gasteiger partial charge is 0.336 e. The Labute approximate surface area is 186 Å². The number of rotatable bonds is 6. The minimum absolute atomic E-state index is 0.123. The molecule has 0 radical (unpaired) electrons. The Morgan fingerprint density at radius 2 is 1.84 bits per heavy atom. The van der Waals surface area contributed by atoms with Crippen LogP contribution in [0, 0.1) is 20.8 Å². The number of aromatic nitrogens is 5. The van der Waals surface area contributed by atoms with Crippen molar-refractivity contribution >= 4 is 23.4 Å². The molecule has 31 heavy (non-hydrogen) atoms. The van der Waals surface area contributed by atoms with Gasteiger partial charge in [-0.1, -0.05) is 48.7 Å². The SMILES string of the molecule is Cc1ccc(-n2nc(C)c(NC(=O)CSc3nnc(C4CCCCC4)n3N)c2C)cc1. The Morgan fingerprint density at radius 1 is 1.13 bits per heavy atom. The van der Waals surface area contributed by atoms with E-state index in [2.05, 4.69) is 27.5 Å². The van der Waals surface area contributed by atoms with Gasteiger partial charge in [0.15, 0.2) is 5.82 Å². The molecule has 1 aliphatic carbocycles. The highest BCUT2D eigenvalue weighted by atomic mass is 32.2. The second-order valence-corrected chi connectivity index (χ2v) is 9.12. The van der Waals surface area contributed by atoms with Gasteiger partial charge in [-0.15, -0.1) is 10.2 Å². The fourth-order valence-corrected chi connectivity index (χ4v) is 4.76. The van der Waals surface area contributed by atoms with Crippen molar-refractivity contribution in [3.63, 3.8) is 0 Å². The Balaban J connectivity index is 1.40. The molecular formula is C22H29N7OS. The fourth-order valence-electron chi connectivity index (χ4n) is 4.09. The molecule has 2 heterocycles. The third kappa shape index (κ3) is 4.61. The molecular weight excluding hydrogens is 410 g/mol. The summed E-state index contributed by atoms with van der Waals surface area (Å²) in [5.74, 6) is 7.50. The van der Waals surface area contributed by atoms with E-state index in [4.69, 9.17) is 5.84 Å². The van der Waals surface area contributed by atoms with Crippen LogP contribution >= 0.6 is 11.8 Å². The minimum atomic E-state index is -0.123. The zero-order valence-corrected chi connectivity index (χ0v) is 19.1. The van der Waals surface area contributed by atoms with E-state index in [0.717, 1.165) is 41.4 Å². The van der Waals surface area contributed by atoms with Crippen LogP contribution < -0.4 is 11.2 Å².